The average molecular weight is 398 g/mol. The van der Waals surface area contributed by atoms with E-state index < -0.39 is 12.5 Å². The standard InChI is InChI=1S/C12H6Cl7/c13-10(14,11(15,16)12(17,18)19)9-6-5-7-3-1-2-4-8(7)9/h1-6H. The molecule has 0 amide bonds. The van der Waals surface area contributed by atoms with E-state index >= 15 is 0 Å². The van der Waals surface area contributed by atoms with Crippen molar-refractivity contribution in [3.63, 3.8) is 0 Å². The van der Waals surface area contributed by atoms with E-state index in [1.54, 1.807) is 6.08 Å². The Morgan fingerprint density at radius 1 is 0.737 bits per heavy atom. The summed E-state index contributed by atoms with van der Waals surface area (Å²) in [6.07, 6.45) is 3.55. The Morgan fingerprint density at radius 2 is 1.32 bits per heavy atom. The van der Waals surface area contributed by atoms with Crippen molar-refractivity contribution < 1.29 is 0 Å². The number of fused-ring (bicyclic) bond motifs is 1. The zero-order chi connectivity index (χ0) is 14.5. The average Bonchev–Trinajstić information content (AvgIpc) is 2.71. The van der Waals surface area contributed by atoms with Crippen LogP contribution in [0.1, 0.15) is 11.1 Å². The molecule has 1 aromatic rings. The highest BCUT2D eigenvalue weighted by molar-refractivity contribution is 6.79. The second-order valence-electron chi connectivity index (χ2n) is 3.98. The zero-order valence-electron chi connectivity index (χ0n) is 9.11. The number of rotatable bonds is 2. The number of benzene rings is 1. The lowest BCUT2D eigenvalue weighted by Gasteiger charge is -2.40. The Balaban J connectivity index is 2.46. The van der Waals surface area contributed by atoms with Crippen LogP contribution in [0.3, 0.4) is 0 Å². The fraction of sp³-hybridized carbons (Fsp3) is 0.250. The lowest BCUT2D eigenvalue weighted by molar-refractivity contribution is 0.707. The molecule has 0 bridgehead atoms. The van der Waals surface area contributed by atoms with Gasteiger partial charge >= 0.3 is 0 Å². The SMILES string of the molecule is ClC(Cl)(Cl)C(Cl)(Cl)C(Cl)(Cl)[C]1C=Cc2ccccc21. The highest BCUT2D eigenvalue weighted by Gasteiger charge is 2.63. The largest absolute Gasteiger partial charge is 0.226 e. The fourth-order valence-electron chi connectivity index (χ4n) is 1.77. The minimum atomic E-state index is -2.06. The maximum atomic E-state index is 6.31. The smallest absolute Gasteiger partial charge is 0.0967 e. The predicted octanol–water partition coefficient (Wildman–Crippen LogP) is 6.35. The topological polar surface area (TPSA) is 0 Å². The van der Waals surface area contributed by atoms with E-state index in [9.17, 15) is 0 Å². The molecule has 7 heteroatoms. The third kappa shape index (κ3) is 2.71. The molecule has 0 spiro atoms. The van der Waals surface area contributed by atoms with Crippen molar-refractivity contribution >= 4 is 87.3 Å². The molecular formula is C12H6Cl7. The van der Waals surface area contributed by atoms with Crippen LogP contribution >= 0.6 is 81.2 Å². The first-order valence-electron chi connectivity index (χ1n) is 5.06. The van der Waals surface area contributed by atoms with Crippen molar-refractivity contribution in [2.24, 2.45) is 0 Å². The van der Waals surface area contributed by atoms with E-state index in [0.29, 0.717) is 5.92 Å². The normalized spacial score (nSPS) is 16.8. The van der Waals surface area contributed by atoms with E-state index in [2.05, 4.69) is 0 Å². The summed E-state index contributed by atoms with van der Waals surface area (Å²) >= 11 is 42.1. The van der Waals surface area contributed by atoms with E-state index in [1.165, 1.54) is 0 Å². The lowest BCUT2D eigenvalue weighted by Crippen LogP contribution is -2.50. The molecular weight excluding hydrogens is 392 g/mol. The van der Waals surface area contributed by atoms with Gasteiger partial charge in [0.05, 0.1) is 5.92 Å². The van der Waals surface area contributed by atoms with Crippen molar-refractivity contribution in [3.8, 4) is 0 Å². The summed E-state index contributed by atoms with van der Waals surface area (Å²) in [6.45, 7) is 0. The molecule has 0 N–H and O–H groups in total. The highest BCUT2D eigenvalue weighted by atomic mass is 35.6. The molecule has 0 saturated carbocycles. The van der Waals surface area contributed by atoms with Gasteiger partial charge in [0, 0.05) is 0 Å². The van der Waals surface area contributed by atoms with Gasteiger partial charge in [0.2, 0.25) is 3.79 Å². The van der Waals surface area contributed by atoms with Gasteiger partial charge in [-0.25, -0.2) is 0 Å². The molecule has 1 aromatic carbocycles. The molecule has 1 aliphatic carbocycles. The van der Waals surface area contributed by atoms with Crippen molar-refractivity contribution in [2.75, 3.05) is 0 Å². The third-order valence-electron chi connectivity index (χ3n) is 2.77. The number of hydrogen-bond acceptors (Lipinski definition) is 0. The predicted molar refractivity (Wildman–Crippen MR) is 87.0 cm³/mol. The Kier molecular flexibility index (Phi) is 4.58. The Labute approximate surface area is 146 Å². The molecule has 0 aliphatic heterocycles. The molecule has 0 nitrogen and oxygen atoms in total. The lowest BCUT2D eigenvalue weighted by atomic mass is 9.95. The van der Waals surface area contributed by atoms with E-state index in [-0.39, 0.29) is 0 Å². The molecule has 0 fully saturated rings. The first-order valence-corrected chi connectivity index (χ1v) is 7.71. The van der Waals surface area contributed by atoms with Crippen LogP contribution in [0, 0.1) is 5.92 Å². The van der Waals surface area contributed by atoms with Crippen LogP contribution in [-0.2, 0) is 0 Å². The summed E-state index contributed by atoms with van der Waals surface area (Å²) in [5.41, 5.74) is 1.74. The molecule has 0 heterocycles. The van der Waals surface area contributed by atoms with E-state index in [0.717, 1.165) is 11.1 Å². The van der Waals surface area contributed by atoms with E-state index in [4.69, 9.17) is 81.2 Å². The second kappa shape index (κ2) is 5.32. The van der Waals surface area contributed by atoms with Crippen LogP contribution in [-0.4, -0.2) is 12.5 Å². The fourth-order valence-corrected chi connectivity index (χ4v) is 3.30. The van der Waals surface area contributed by atoms with E-state index in [1.807, 2.05) is 30.3 Å². The summed E-state index contributed by atoms with van der Waals surface area (Å²) in [7, 11) is 0. The second-order valence-corrected chi connectivity index (χ2v) is 8.92. The molecule has 0 atom stereocenters. The van der Waals surface area contributed by atoms with Gasteiger partial charge in [0.25, 0.3) is 0 Å². The van der Waals surface area contributed by atoms with Crippen molar-refractivity contribution in [1.82, 2.24) is 0 Å². The molecule has 103 valence electrons. The number of allylic oxidation sites excluding steroid dienone is 1. The highest BCUT2D eigenvalue weighted by Crippen LogP contribution is 2.61. The summed E-state index contributed by atoms with van der Waals surface area (Å²) in [6, 6.07) is 7.48. The van der Waals surface area contributed by atoms with Crippen LogP contribution in [0.5, 0.6) is 0 Å². The molecule has 0 saturated heterocycles. The summed E-state index contributed by atoms with van der Waals surface area (Å²) in [5, 5.41) is 0. The molecule has 2 rings (SSSR count). The van der Waals surface area contributed by atoms with Gasteiger partial charge in [0.15, 0.2) is 8.67 Å². The quantitative estimate of drug-likeness (QED) is 0.509. The molecule has 19 heavy (non-hydrogen) atoms. The zero-order valence-corrected chi connectivity index (χ0v) is 14.4. The van der Waals surface area contributed by atoms with Gasteiger partial charge in [-0.1, -0.05) is 118 Å². The summed E-state index contributed by atoms with van der Waals surface area (Å²) < 4.78 is -5.87. The van der Waals surface area contributed by atoms with Gasteiger partial charge in [-0.3, -0.25) is 0 Å². The number of alkyl halides is 7. The molecule has 0 unspecified atom stereocenters. The third-order valence-corrected chi connectivity index (χ3v) is 6.69. The van der Waals surface area contributed by atoms with Crippen LogP contribution in [0.2, 0.25) is 0 Å². The van der Waals surface area contributed by atoms with Crippen molar-refractivity contribution in [3.05, 3.63) is 47.4 Å². The van der Waals surface area contributed by atoms with Gasteiger partial charge < -0.3 is 0 Å². The minimum absolute atomic E-state index is 0.489. The van der Waals surface area contributed by atoms with Gasteiger partial charge in [-0.15, -0.1) is 0 Å². The summed E-state index contributed by atoms with van der Waals surface area (Å²) in [4.78, 5) is 0. The molecule has 1 radical (unpaired) electrons. The van der Waals surface area contributed by atoms with Crippen molar-refractivity contribution in [1.29, 1.82) is 0 Å². The Hall–Kier alpha value is 0.990. The maximum Gasteiger partial charge on any atom is 0.226 e. The van der Waals surface area contributed by atoms with Gasteiger partial charge in [-0.05, 0) is 11.1 Å². The van der Waals surface area contributed by atoms with Gasteiger partial charge in [-0.2, -0.15) is 0 Å². The number of hydrogen-bond donors (Lipinski definition) is 0. The van der Waals surface area contributed by atoms with Gasteiger partial charge in [0.1, 0.15) is 0 Å². The van der Waals surface area contributed by atoms with Crippen LogP contribution in [0.15, 0.2) is 30.3 Å². The molecule has 0 aromatic heterocycles. The first kappa shape index (κ1) is 16.4. The Bertz CT molecular complexity index is 513. The monoisotopic (exact) mass is 395 g/mol. The summed E-state index contributed by atoms with van der Waals surface area (Å²) in [5.74, 6) is 0.489. The van der Waals surface area contributed by atoms with Crippen LogP contribution < -0.4 is 0 Å². The minimum Gasteiger partial charge on any atom is -0.0967 e. The maximum absolute atomic E-state index is 6.31. The van der Waals surface area contributed by atoms with Crippen LogP contribution in [0.4, 0.5) is 0 Å². The van der Waals surface area contributed by atoms with Crippen LogP contribution in [0.25, 0.3) is 6.08 Å². The molecule has 1 aliphatic rings. The Morgan fingerprint density at radius 3 is 1.89 bits per heavy atom. The first-order chi connectivity index (χ1) is 8.59. The number of halogens is 7. The van der Waals surface area contributed by atoms with Crippen molar-refractivity contribution in [2.45, 2.75) is 12.5 Å².